The molecule has 0 aromatic carbocycles. The molecule has 0 spiro atoms. The Morgan fingerprint density at radius 3 is 2.61 bits per heavy atom. The van der Waals surface area contributed by atoms with Gasteiger partial charge in [-0.1, -0.05) is 13.8 Å². The molecule has 0 fully saturated rings. The van der Waals surface area contributed by atoms with Crippen LogP contribution in [0, 0.1) is 12.8 Å². The van der Waals surface area contributed by atoms with Gasteiger partial charge >= 0.3 is 0 Å². The van der Waals surface area contributed by atoms with E-state index in [4.69, 9.17) is 4.42 Å². The van der Waals surface area contributed by atoms with Gasteiger partial charge in [0.25, 0.3) is 0 Å². The number of rotatable bonds is 7. The highest BCUT2D eigenvalue weighted by Gasteiger charge is 2.12. The van der Waals surface area contributed by atoms with Crippen molar-refractivity contribution in [1.29, 1.82) is 0 Å². The van der Waals surface area contributed by atoms with Crippen molar-refractivity contribution in [2.75, 3.05) is 6.54 Å². The van der Waals surface area contributed by atoms with Crippen LogP contribution in [0.2, 0.25) is 0 Å². The number of carbonyl (C=O) groups excluding carboxylic acids is 1. The van der Waals surface area contributed by atoms with Gasteiger partial charge in [0.05, 0.1) is 12.6 Å². The molecule has 0 aliphatic rings. The second-order valence-electron chi connectivity index (χ2n) is 5.09. The fourth-order valence-electron chi connectivity index (χ4n) is 1.56. The monoisotopic (exact) mass is 252 g/mol. The molecule has 0 saturated heterocycles. The van der Waals surface area contributed by atoms with Gasteiger partial charge in [-0.15, -0.1) is 0 Å². The zero-order chi connectivity index (χ0) is 13.5. The van der Waals surface area contributed by atoms with Gasteiger partial charge in [0, 0.05) is 6.54 Å². The lowest BCUT2D eigenvalue weighted by Gasteiger charge is -2.13. The van der Waals surface area contributed by atoms with E-state index in [-0.39, 0.29) is 11.9 Å². The number of nitrogens with one attached hydrogen (secondary N) is 2. The molecule has 1 aromatic rings. The van der Waals surface area contributed by atoms with Gasteiger partial charge in [-0.25, -0.2) is 0 Å². The number of amides is 1. The van der Waals surface area contributed by atoms with Crippen LogP contribution in [0.25, 0.3) is 0 Å². The Balaban J connectivity index is 2.23. The van der Waals surface area contributed by atoms with Crippen molar-refractivity contribution in [3.63, 3.8) is 0 Å². The van der Waals surface area contributed by atoms with Crippen molar-refractivity contribution in [2.24, 2.45) is 5.92 Å². The molecule has 4 nitrogen and oxygen atoms in total. The van der Waals surface area contributed by atoms with E-state index in [1.165, 1.54) is 0 Å². The fourth-order valence-corrected chi connectivity index (χ4v) is 1.56. The molecule has 1 aromatic heterocycles. The molecule has 1 unspecified atom stereocenters. The standard InChI is InChI=1S/C14H24N2O2/c1-10(2)7-8-15-14(17)12(4)16-9-13-6-5-11(3)18-13/h5-6,10,12,16H,7-9H2,1-4H3,(H,15,17). The highest BCUT2D eigenvalue weighted by atomic mass is 16.3. The first-order valence-electron chi connectivity index (χ1n) is 6.55. The molecule has 1 atom stereocenters. The second kappa shape index (κ2) is 7.21. The molecule has 4 heteroatoms. The largest absolute Gasteiger partial charge is 0.465 e. The summed E-state index contributed by atoms with van der Waals surface area (Å²) in [5, 5.41) is 6.07. The van der Waals surface area contributed by atoms with Gasteiger partial charge in [-0.05, 0) is 38.3 Å². The highest BCUT2D eigenvalue weighted by Crippen LogP contribution is 2.05. The van der Waals surface area contributed by atoms with Crippen molar-refractivity contribution >= 4 is 5.91 Å². The van der Waals surface area contributed by atoms with Crippen LogP contribution in [0.5, 0.6) is 0 Å². The Kier molecular flexibility index (Phi) is 5.92. The predicted molar refractivity (Wildman–Crippen MR) is 72.2 cm³/mol. The third-order valence-electron chi connectivity index (χ3n) is 2.79. The van der Waals surface area contributed by atoms with Crippen LogP contribution < -0.4 is 10.6 Å². The van der Waals surface area contributed by atoms with E-state index in [0.29, 0.717) is 12.5 Å². The quantitative estimate of drug-likeness (QED) is 0.782. The zero-order valence-electron chi connectivity index (χ0n) is 11.7. The van der Waals surface area contributed by atoms with Crippen LogP contribution in [0.3, 0.4) is 0 Å². The maximum absolute atomic E-state index is 11.7. The first-order chi connectivity index (χ1) is 8.49. The molecule has 1 heterocycles. The summed E-state index contributed by atoms with van der Waals surface area (Å²) in [7, 11) is 0. The molecule has 18 heavy (non-hydrogen) atoms. The van der Waals surface area contributed by atoms with E-state index in [0.717, 1.165) is 24.5 Å². The summed E-state index contributed by atoms with van der Waals surface area (Å²) in [6.07, 6.45) is 1.01. The molecular weight excluding hydrogens is 228 g/mol. The molecule has 0 aliphatic heterocycles. The lowest BCUT2D eigenvalue weighted by atomic mass is 10.1. The number of aryl methyl sites for hydroxylation is 1. The van der Waals surface area contributed by atoms with Crippen LogP contribution in [-0.4, -0.2) is 18.5 Å². The van der Waals surface area contributed by atoms with E-state index in [1.54, 1.807) is 0 Å². The average molecular weight is 252 g/mol. The van der Waals surface area contributed by atoms with Crippen LogP contribution >= 0.6 is 0 Å². The lowest BCUT2D eigenvalue weighted by Crippen LogP contribution is -2.42. The van der Waals surface area contributed by atoms with Gasteiger partial charge in [-0.3, -0.25) is 10.1 Å². The summed E-state index contributed by atoms with van der Waals surface area (Å²) in [5.41, 5.74) is 0. The summed E-state index contributed by atoms with van der Waals surface area (Å²) in [4.78, 5) is 11.7. The Morgan fingerprint density at radius 2 is 2.06 bits per heavy atom. The predicted octanol–water partition coefficient (Wildman–Crippen LogP) is 2.23. The Bertz CT molecular complexity index is 372. The Labute approximate surface area is 109 Å². The van der Waals surface area contributed by atoms with Gasteiger partial charge in [0.15, 0.2) is 0 Å². The average Bonchev–Trinajstić information content (AvgIpc) is 2.71. The summed E-state index contributed by atoms with van der Waals surface area (Å²) < 4.78 is 5.43. The zero-order valence-corrected chi connectivity index (χ0v) is 11.7. The van der Waals surface area contributed by atoms with Gasteiger partial charge in [0.2, 0.25) is 5.91 Å². The Morgan fingerprint density at radius 1 is 1.33 bits per heavy atom. The van der Waals surface area contributed by atoms with Crippen molar-refractivity contribution in [3.05, 3.63) is 23.7 Å². The summed E-state index contributed by atoms with van der Waals surface area (Å²) >= 11 is 0. The summed E-state index contributed by atoms with van der Waals surface area (Å²) in [6, 6.07) is 3.64. The normalized spacial score (nSPS) is 12.7. The smallest absolute Gasteiger partial charge is 0.236 e. The Hall–Kier alpha value is -1.29. The first-order valence-corrected chi connectivity index (χ1v) is 6.55. The molecule has 1 amide bonds. The van der Waals surface area contributed by atoms with E-state index in [9.17, 15) is 4.79 Å². The van der Waals surface area contributed by atoms with Gasteiger partial charge in [0.1, 0.15) is 11.5 Å². The molecule has 0 radical (unpaired) electrons. The molecule has 0 saturated carbocycles. The second-order valence-corrected chi connectivity index (χ2v) is 5.09. The molecule has 102 valence electrons. The first kappa shape index (κ1) is 14.8. The third kappa shape index (κ3) is 5.36. The van der Waals surface area contributed by atoms with E-state index < -0.39 is 0 Å². The number of furan rings is 1. The van der Waals surface area contributed by atoms with Crippen molar-refractivity contribution in [2.45, 2.75) is 46.7 Å². The highest BCUT2D eigenvalue weighted by molar-refractivity contribution is 5.81. The van der Waals surface area contributed by atoms with E-state index in [1.807, 2.05) is 26.0 Å². The minimum Gasteiger partial charge on any atom is -0.465 e. The van der Waals surface area contributed by atoms with E-state index >= 15 is 0 Å². The molecule has 1 rings (SSSR count). The van der Waals surface area contributed by atoms with Crippen LogP contribution in [0.4, 0.5) is 0 Å². The van der Waals surface area contributed by atoms with Crippen LogP contribution in [0.15, 0.2) is 16.5 Å². The lowest BCUT2D eigenvalue weighted by molar-refractivity contribution is -0.122. The van der Waals surface area contributed by atoms with Gasteiger partial charge in [-0.2, -0.15) is 0 Å². The van der Waals surface area contributed by atoms with Gasteiger partial charge < -0.3 is 9.73 Å². The van der Waals surface area contributed by atoms with E-state index in [2.05, 4.69) is 24.5 Å². The maximum atomic E-state index is 11.7. The molecule has 0 aliphatic carbocycles. The molecule has 0 bridgehead atoms. The van der Waals surface area contributed by atoms with Crippen LogP contribution in [-0.2, 0) is 11.3 Å². The summed E-state index contributed by atoms with van der Waals surface area (Å²) in [6.45, 7) is 9.38. The summed E-state index contributed by atoms with van der Waals surface area (Å²) in [5.74, 6) is 2.40. The molecular formula is C14H24N2O2. The molecule has 2 N–H and O–H groups in total. The van der Waals surface area contributed by atoms with Crippen molar-refractivity contribution in [1.82, 2.24) is 10.6 Å². The third-order valence-corrected chi connectivity index (χ3v) is 2.79. The van der Waals surface area contributed by atoms with Crippen LogP contribution in [0.1, 0.15) is 38.7 Å². The minimum absolute atomic E-state index is 0.0407. The van der Waals surface area contributed by atoms with Crippen molar-refractivity contribution in [3.8, 4) is 0 Å². The fraction of sp³-hybridized carbons (Fsp3) is 0.643. The maximum Gasteiger partial charge on any atom is 0.236 e. The topological polar surface area (TPSA) is 54.3 Å². The number of hydrogen-bond donors (Lipinski definition) is 2. The van der Waals surface area contributed by atoms with Crippen molar-refractivity contribution < 1.29 is 9.21 Å². The number of hydrogen-bond acceptors (Lipinski definition) is 3. The SMILES string of the molecule is Cc1ccc(CNC(C)C(=O)NCCC(C)C)o1. The number of carbonyl (C=O) groups is 1. The minimum atomic E-state index is -0.206.